The summed E-state index contributed by atoms with van der Waals surface area (Å²) in [6, 6.07) is 9.51. The number of benzene rings is 1. The van der Waals surface area contributed by atoms with E-state index in [2.05, 4.69) is 10.1 Å². The fraction of sp³-hybridized carbons (Fsp3) is 0.471. The average molecular weight is 331 g/mol. The van der Waals surface area contributed by atoms with Crippen LogP contribution in [0.4, 0.5) is 4.79 Å². The van der Waals surface area contributed by atoms with E-state index < -0.39 is 11.7 Å². The number of aromatic nitrogens is 2. The van der Waals surface area contributed by atoms with Crippen molar-refractivity contribution in [1.82, 2.24) is 15.0 Å². The minimum absolute atomic E-state index is 0.196. The van der Waals surface area contributed by atoms with Gasteiger partial charge < -0.3 is 19.3 Å². The number of hydrogen-bond donors (Lipinski definition) is 1. The van der Waals surface area contributed by atoms with Gasteiger partial charge in [-0.3, -0.25) is 0 Å². The smallest absolute Gasteiger partial charge is 0.410 e. The van der Waals surface area contributed by atoms with Gasteiger partial charge in [-0.15, -0.1) is 0 Å². The lowest BCUT2D eigenvalue weighted by Gasteiger charge is -2.37. The van der Waals surface area contributed by atoms with Gasteiger partial charge in [0.25, 0.3) is 0 Å². The summed E-state index contributed by atoms with van der Waals surface area (Å²) in [7, 11) is 0. The van der Waals surface area contributed by atoms with E-state index in [0.717, 1.165) is 5.56 Å². The van der Waals surface area contributed by atoms with Crippen LogP contribution in [0, 0.1) is 6.92 Å². The zero-order valence-electron chi connectivity index (χ0n) is 13.6. The number of amides is 1. The van der Waals surface area contributed by atoms with Crippen LogP contribution in [0.25, 0.3) is 0 Å². The van der Waals surface area contributed by atoms with Crippen molar-refractivity contribution in [3.63, 3.8) is 0 Å². The molecule has 1 aliphatic heterocycles. The van der Waals surface area contributed by atoms with Crippen molar-refractivity contribution < 1.29 is 19.2 Å². The molecule has 1 aliphatic rings. The van der Waals surface area contributed by atoms with Crippen molar-refractivity contribution in [3.8, 4) is 0 Å². The Hall–Kier alpha value is -2.41. The van der Waals surface area contributed by atoms with Crippen molar-refractivity contribution in [1.29, 1.82) is 0 Å². The normalized spacial score (nSPS) is 20.8. The van der Waals surface area contributed by atoms with Crippen LogP contribution in [-0.2, 0) is 17.8 Å². The van der Waals surface area contributed by atoms with E-state index in [1.54, 1.807) is 6.92 Å². The molecule has 0 spiro atoms. The summed E-state index contributed by atoms with van der Waals surface area (Å²) in [6.07, 6.45) is 1.09. The van der Waals surface area contributed by atoms with Gasteiger partial charge in [0.15, 0.2) is 5.82 Å². The first-order chi connectivity index (χ1) is 11.5. The van der Waals surface area contributed by atoms with Gasteiger partial charge in [-0.2, -0.15) is 4.98 Å². The highest BCUT2D eigenvalue weighted by Crippen LogP contribution is 2.25. The topological polar surface area (TPSA) is 88.7 Å². The van der Waals surface area contributed by atoms with E-state index in [9.17, 15) is 9.90 Å². The molecule has 0 aliphatic carbocycles. The summed E-state index contributed by atoms with van der Waals surface area (Å²) in [4.78, 5) is 17.9. The third kappa shape index (κ3) is 4.11. The fourth-order valence-corrected chi connectivity index (χ4v) is 2.92. The van der Waals surface area contributed by atoms with Crippen LogP contribution in [0.15, 0.2) is 34.9 Å². The molecule has 1 unspecified atom stereocenters. The van der Waals surface area contributed by atoms with Gasteiger partial charge in [-0.05, 0) is 25.3 Å². The van der Waals surface area contributed by atoms with Gasteiger partial charge in [0, 0.05) is 6.54 Å². The van der Waals surface area contributed by atoms with Crippen LogP contribution in [0.3, 0.4) is 0 Å². The molecule has 24 heavy (non-hydrogen) atoms. The number of carbonyl (C=O) groups is 1. The molecule has 2 heterocycles. The largest absolute Gasteiger partial charge is 0.445 e. The zero-order valence-corrected chi connectivity index (χ0v) is 13.6. The number of ether oxygens (including phenoxy) is 1. The molecule has 1 amide bonds. The summed E-state index contributed by atoms with van der Waals surface area (Å²) in [5.41, 5.74) is -0.136. The Balaban J connectivity index is 1.57. The Kier molecular flexibility index (Phi) is 4.80. The Bertz CT molecular complexity index is 688. The highest BCUT2D eigenvalue weighted by atomic mass is 16.6. The molecule has 1 saturated heterocycles. The second-order valence-corrected chi connectivity index (χ2v) is 6.20. The number of carbonyl (C=O) groups excluding carboxylic acids is 1. The van der Waals surface area contributed by atoms with Crippen LogP contribution >= 0.6 is 0 Å². The van der Waals surface area contributed by atoms with Crippen LogP contribution in [0.2, 0.25) is 0 Å². The fourth-order valence-electron chi connectivity index (χ4n) is 2.92. The molecule has 3 rings (SSSR count). The summed E-state index contributed by atoms with van der Waals surface area (Å²) >= 11 is 0. The van der Waals surface area contributed by atoms with Crippen molar-refractivity contribution in [2.24, 2.45) is 0 Å². The summed E-state index contributed by atoms with van der Waals surface area (Å²) in [6.45, 7) is 2.71. The maximum Gasteiger partial charge on any atom is 0.410 e. The first-order valence-corrected chi connectivity index (χ1v) is 8.01. The highest BCUT2D eigenvalue weighted by Gasteiger charge is 2.37. The predicted octanol–water partition coefficient (Wildman–Crippen LogP) is 2.08. The number of aryl methyl sites for hydroxylation is 1. The second-order valence-electron chi connectivity index (χ2n) is 6.20. The number of nitrogens with zero attached hydrogens (tertiary/aromatic N) is 3. The van der Waals surface area contributed by atoms with Crippen molar-refractivity contribution in [3.05, 3.63) is 47.6 Å². The second kappa shape index (κ2) is 7.00. The van der Waals surface area contributed by atoms with Gasteiger partial charge in [0.05, 0.1) is 18.6 Å². The summed E-state index contributed by atoms with van der Waals surface area (Å²) in [5, 5.41) is 14.5. The van der Waals surface area contributed by atoms with E-state index in [-0.39, 0.29) is 19.6 Å². The van der Waals surface area contributed by atoms with E-state index in [1.165, 1.54) is 4.90 Å². The molecule has 0 saturated carbocycles. The lowest BCUT2D eigenvalue weighted by Crippen LogP contribution is -2.51. The monoisotopic (exact) mass is 331 g/mol. The third-order valence-corrected chi connectivity index (χ3v) is 4.07. The van der Waals surface area contributed by atoms with Crippen LogP contribution in [0.1, 0.15) is 30.1 Å². The molecule has 0 bridgehead atoms. The summed E-state index contributed by atoms with van der Waals surface area (Å²) in [5.74, 6) is 0.915. The highest BCUT2D eigenvalue weighted by molar-refractivity contribution is 5.68. The van der Waals surface area contributed by atoms with Crippen LogP contribution < -0.4 is 0 Å². The minimum atomic E-state index is -1.07. The molecule has 2 aromatic rings. The standard InChI is InChI=1S/C17H21N3O4/c1-13-18-15(24-19-13)10-17(22)8-5-9-20(12-17)16(21)23-11-14-6-3-2-4-7-14/h2-4,6-7,22H,5,8-12H2,1H3. The number of β-amino-alcohol motifs (C(OH)–C–C–N with tert-alkyl or cyclic N) is 1. The number of rotatable bonds is 4. The van der Waals surface area contributed by atoms with E-state index in [4.69, 9.17) is 9.26 Å². The van der Waals surface area contributed by atoms with E-state index in [1.807, 2.05) is 30.3 Å². The molecule has 1 atom stereocenters. The van der Waals surface area contributed by atoms with E-state index >= 15 is 0 Å². The maximum absolute atomic E-state index is 12.3. The number of hydrogen-bond acceptors (Lipinski definition) is 6. The molecular formula is C17H21N3O4. The zero-order chi connectivity index (χ0) is 17.0. The van der Waals surface area contributed by atoms with Gasteiger partial charge in [-0.25, -0.2) is 4.79 Å². The first kappa shape index (κ1) is 16.4. The lowest BCUT2D eigenvalue weighted by molar-refractivity contribution is -0.0343. The molecule has 0 radical (unpaired) electrons. The first-order valence-electron chi connectivity index (χ1n) is 8.01. The molecule has 1 aromatic heterocycles. The lowest BCUT2D eigenvalue weighted by atomic mass is 9.90. The van der Waals surface area contributed by atoms with Crippen LogP contribution in [0.5, 0.6) is 0 Å². The summed E-state index contributed by atoms with van der Waals surface area (Å²) < 4.78 is 10.4. The third-order valence-electron chi connectivity index (χ3n) is 4.07. The maximum atomic E-state index is 12.3. The van der Waals surface area contributed by atoms with Crippen molar-refractivity contribution in [2.45, 2.75) is 38.4 Å². The van der Waals surface area contributed by atoms with Gasteiger partial charge in [0.1, 0.15) is 6.61 Å². The molecule has 7 heteroatoms. The number of piperidine rings is 1. The Morgan fingerprint density at radius 1 is 1.42 bits per heavy atom. The molecule has 7 nitrogen and oxygen atoms in total. The van der Waals surface area contributed by atoms with Gasteiger partial charge in [0.2, 0.25) is 5.89 Å². The Labute approximate surface area is 140 Å². The Morgan fingerprint density at radius 3 is 2.92 bits per heavy atom. The van der Waals surface area contributed by atoms with Crippen molar-refractivity contribution in [2.75, 3.05) is 13.1 Å². The predicted molar refractivity (Wildman–Crippen MR) is 85.1 cm³/mol. The average Bonchev–Trinajstić information content (AvgIpc) is 2.97. The number of aliphatic hydroxyl groups is 1. The molecule has 128 valence electrons. The number of likely N-dealkylation sites (tertiary alicyclic amines) is 1. The van der Waals surface area contributed by atoms with E-state index in [0.29, 0.717) is 31.1 Å². The van der Waals surface area contributed by atoms with Gasteiger partial charge in [-0.1, -0.05) is 35.5 Å². The Morgan fingerprint density at radius 2 is 2.21 bits per heavy atom. The minimum Gasteiger partial charge on any atom is -0.445 e. The molecular weight excluding hydrogens is 310 g/mol. The quantitative estimate of drug-likeness (QED) is 0.923. The molecule has 1 fully saturated rings. The molecule has 1 aromatic carbocycles. The van der Waals surface area contributed by atoms with Crippen molar-refractivity contribution >= 4 is 6.09 Å². The SMILES string of the molecule is Cc1noc(CC2(O)CCCN(C(=O)OCc3ccccc3)C2)n1. The molecule has 1 N–H and O–H groups in total. The van der Waals surface area contributed by atoms with Gasteiger partial charge >= 0.3 is 6.09 Å². The van der Waals surface area contributed by atoms with Crippen LogP contribution in [-0.4, -0.2) is 44.9 Å².